The molecular formula is C54H42N2O2P2. The molecule has 0 N–H and O–H groups in total. The van der Waals surface area contributed by atoms with E-state index in [1.807, 2.05) is 0 Å². The molecule has 2 aliphatic rings. The van der Waals surface area contributed by atoms with Gasteiger partial charge in [-0.1, -0.05) is 206 Å². The van der Waals surface area contributed by atoms with E-state index >= 15 is 0 Å². The van der Waals surface area contributed by atoms with Gasteiger partial charge in [-0.3, -0.25) is 0 Å². The number of benzene rings is 8. The number of hydrogen-bond acceptors (Lipinski definition) is 4. The van der Waals surface area contributed by atoms with Crippen LogP contribution < -0.4 is 31.8 Å². The molecule has 4 nitrogen and oxygen atoms in total. The molecule has 0 aliphatic carbocycles. The molecule has 0 unspecified atom stereocenters. The monoisotopic (exact) mass is 812 g/mol. The summed E-state index contributed by atoms with van der Waals surface area (Å²) in [4.78, 5) is 10.7. The summed E-state index contributed by atoms with van der Waals surface area (Å²) in [5, 5.41) is 7.64. The van der Waals surface area contributed by atoms with Crippen LogP contribution in [0.25, 0.3) is 11.1 Å². The molecule has 10 rings (SSSR count). The number of rotatable bonds is 11. The Kier molecular flexibility index (Phi) is 11.0. The maximum Gasteiger partial charge on any atom is 0.217 e. The van der Waals surface area contributed by atoms with Crippen molar-refractivity contribution in [2.45, 2.75) is 12.1 Å². The average Bonchev–Trinajstić information content (AvgIpc) is 4.03. The Hall–Kier alpha value is -6.44. The van der Waals surface area contributed by atoms with Gasteiger partial charge in [-0.05, 0) is 82.1 Å². The van der Waals surface area contributed by atoms with Crippen LogP contribution in [-0.4, -0.2) is 25.0 Å². The van der Waals surface area contributed by atoms with Gasteiger partial charge in [0.05, 0.1) is 0 Å². The fraction of sp³-hybridized carbons (Fsp3) is 0.0741. The first-order valence-corrected chi connectivity index (χ1v) is 23.1. The first kappa shape index (κ1) is 37.8. The lowest BCUT2D eigenvalue weighted by Gasteiger charge is -2.22. The molecule has 0 spiro atoms. The minimum atomic E-state index is -0.838. The van der Waals surface area contributed by atoms with E-state index in [1.165, 1.54) is 31.8 Å². The van der Waals surface area contributed by atoms with Crippen LogP contribution in [0, 0.1) is 0 Å². The van der Waals surface area contributed by atoms with E-state index in [0.717, 1.165) is 33.4 Å². The molecule has 0 amide bonds. The average molecular weight is 813 g/mol. The van der Waals surface area contributed by atoms with Crippen LogP contribution in [0.5, 0.6) is 0 Å². The molecular weight excluding hydrogens is 771 g/mol. The summed E-state index contributed by atoms with van der Waals surface area (Å²) in [6.45, 7) is 0.934. The van der Waals surface area contributed by atoms with Crippen molar-refractivity contribution in [1.29, 1.82) is 0 Å². The van der Waals surface area contributed by atoms with Gasteiger partial charge in [-0.15, -0.1) is 0 Å². The molecule has 8 aromatic carbocycles. The molecule has 0 aromatic heterocycles. The smallest absolute Gasteiger partial charge is 0.217 e. The number of hydrogen-bond donors (Lipinski definition) is 0. The number of ether oxygens (including phenoxy) is 2. The van der Waals surface area contributed by atoms with E-state index in [0.29, 0.717) is 25.0 Å². The van der Waals surface area contributed by atoms with Crippen LogP contribution in [0.4, 0.5) is 0 Å². The van der Waals surface area contributed by atoms with Crippen molar-refractivity contribution in [3.05, 3.63) is 241 Å². The largest absolute Gasteiger partial charge is 0.475 e. The molecule has 0 radical (unpaired) electrons. The topological polar surface area (TPSA) is 43.2 Å². The first-order valence-electron chi connectivity index (χ1n) is 20.4. The minimum absolute atomic E-state index is 0.169. The second-order valence-corrected chi connectivity index (χ2v) is 19.1. The van der Waals surface area contributed by atoms with Gasteiger partial charge < -0.3 is 9.47 Å². The third-order valence-corrected chi connectivity index (χ3v) is 16.0. The molecule has 60 heavy (non-hydrogen) atoms. The van der Waals surface area contributed by atoms with Crippen LogP contribution >= 0.6 is 15.8 Å². The predicted molar refractivity (Wildman–Crippen MR) is 253 cm³/mol. The number of aliphatic imine (C=N–C) groups is 2. The number of nitrogens with zero attached hydrogens (tertiary/aromatic N) is 2. The zero-order valence-corrected chi connectivity index (χ0v) is 34.7. The van der Waals surface area contributed by atoms with E-state index < -0.39 is 15.8 Å². The summed E-state index contributed by atoms with van der Waals surface area (Å²) >= 11 is 0. The van der Waals surface area contributed by atoms with Crippen molar-refractivity contribution in [2.24, 2.45) is 9.98 Å². The second-order valence-electron chi connectivity index (χ2n) is 14.7. The molecule has 0 saturated carbocycles. The van der Waals surface area contributed by atoms with Crippen molar-refractivity contribution in [3.63, 3.8) is 0 Å². The summed E-state index contributed by atoms with van der Waals surface area (Å²) in [6.07, 6.45) is 0. The van der Waals surface area contributed by atoms with E-state index in [4.69, 9.17) is 19.5 Å². The molecule has 6 heteroatoms. The lowest BCUT2D eigenvalue weighted by molar-refractivity contribution is 0.319. The summed E-state index contributed by atoms with van der Waals surface area (Å²) in [5.74, 6) is 1.39. The molecule has 8 aromatic rings. The summed E-state index contributed by atoms with van der Waals surface area (Å²) in [7, 11) is -1.68. The molecule has 0 bridgehead atoms. The highest BCUT2D eigenvalue weighted by Crippen LogP contribution is 2.41. The Bertz CT molecular complexity index is 2520. The Morgan fingerprint density at radius 3 is 0.950 bits per heavy atom. The zero-order valence-electron chi connectivity index (χ0n) is 33.0. The Balaban J connectivity index is 0.990. The van der Waals surface area contributed by atoms with Crippen LogP contribution in [0.1, 0.15) is 34.3 Å². The molecule has 0 saturated heterocycles. The summed E-state index contributed by atoms with van der Waals surface area (Å²) in [6, 6.07) is 77.4. The van der Waals surface area contributed by atoms with Gasteiger partial charge in [-0.2, -0.15) is 0 Å². The highest BCUT2D eigenvalue weighted by atomic mass is 31.1. The lowest BCUT2D eigenvalue weighted by Crippen LogP contribution is -2.25. The van der Waals surface area contributed by atoms with Crippen LogP contribution in [0.3, 0.4) is 0 Å². The molecule has 2 heterocycles. The quantitative estimate of drug-likeness (QED) is 0.122. The van der Waals surface area contributed by atoms with Gasteiger partial charge in [0.2, 0.25) is 11.8 Å². The van der Waals surface area contributed by atoms with Gasteiger partial charge in [0.1, 0.15) is 25.3 Å². The van der Waals surface area contributed by atoms with E-state index in [1.54, 1.807) is 0 Å². The van der Waals surface area contributed by atoms with Crippen molar-refractivity contribution in [3.8, 4) is 11.1 Å². The molecule has 2 aliphatic heterocycles. The maximum atomic E-state index is 6.57. The maximum absolute atomic E-state index is 6.57. The van der Waals surface area contributed by atoms with Crippen LogP contribution in [0.15, 0.2) is 228 Å². The van der Waals surface area contributed by atoms with Gasteiger partial charge in [0.25, 0.3) is 0 Å². The second kappa shape index (κ2) is 17.4. The Morgan fingerprint density at radius 1 is 0.317 bits per heavy atom. The highest BCUT2D eigenvalue weighted by molar-refractivity contribution is 7.80. The fourth-order valence-corrected chi connectivity index (χ4v) is 13.2. The van der Waals surface area contributed by atoms with Gasteiger partial charge in [0.15, 0.2) is 0 Å². The fourth-order valence-electron chi connectivity index (χ4n) is 8.29. The van der Waals surface area contributed by atoms with Gasteiger partial charge in [0, 0.05) is 11.1 Å². The lowest BCUT2D eigenvalue weighted by atomic mass is 9.90. The van der Waals surface area contributed by atoms with E-state index in [9.17, 15) is 0 Å². The van der Waals surface area contributed by atoms with Crippen molar-refractivity contribution < 1.29 is 9.47 Å². The first-order chi connectivity index (χ1) is 29.8. The standard InChI is InChI=1S/C54H42N2O2P2/c1-5-21-39(22-6-1)59(40-23-7-2-8-24-40)51-35-19-17-33-47(51)53-55-49(37-57-53)45-31-15-13-29-43(45)44-30-14-16-32-46(44)50-38-58-54(56-50)48-34-18-20-36-52(48)60(41-25-9-3-10-26-41)42-27-11-4-12-28-42/h1-36,49-50H,37-38H2/t49-,50-/m1/s1. The van der Waals surface area contributed by atoms with E-state index in [-0.39, 0.29) is 12.1 Å². The molecule has 2 atom stereocenters. The summed E-state index contributed by atoms with van der Waals surface area (Å²) < 4.78 is 13.1. The third kappa shape index (κ3) is 7.62. The predicted octanol–water partition coefficient (Wildman–Crippen LogP) is 9.91. The Labute approximate surface area is 354 Å². The molecule has 0 fully saturated rings. The van der Waals surface area contributed by atoms with Crippen molar-refractivity contribution >= 4 is 59.5 Å². The summed E-state index contributed by atoms with van der Waals surface area (Å²) in [5.41, 5.74) is 6.63. The minimum Gasteiger partial charge on any atom is -0.475 e. The Morgan fingerprint density at radius 2 is 0.600 bits per heavy atom. The zero-order chi connectivity index (χ0) is 40.1. The van der Waals surface area contributed by atoms with E-state index in [2.05, 4.69) is 218 Å². The van der Waals surface area contributed by atoms with Crippen LogP contribution in [-0.2, 0) is 9.47 Å². The van der Waals surface area contributed by atoms with Gasteiger partial charge >= 0.3 is 0 Å². The van der Waals surface area contributed by atoms with Gasteiger partial charge in [-0.25, -0.2) is 9.98 Å². The highest BCUT2D eigenvalue weighted by Gasteiger charge is 2.31. The normalized spacial score (nSPS) is 16.0. The van der Waals surface area contributed by atoms with Crippen molar-refractivity contribution in [1.82, 2.24) is 0 Å². The SMILES string of the molecule is c1ccc(P(c2ccccc2)c2ccccc2C2=N[C@@H](c3ccccc3-c3ccccc3[C@H]3COC(c4ccccc4P(c4ccccc4)c4ccccc4)=N3)CO2)cc1. The molecule has 290 valence electrons. The third-order valence-electron chi connectivity index (χ3n) is 11.0. The van der Waals surface area contributed by atoms with Crippen LogP contribution in [0.2, 0.25) is 0 Å². The van der Waals surface area contributed by atoms with Crippen molar-refractivity contribution in [2.75, 3.05) is 13.2 Å².